The summed E-state index contributed by atoms with van der Waals surface area (Å²) in [5, 5.41) is 2.98. The van der Waals surface area contributed by atoms with Gasteiger partial charge < -0.3 is 19.9 Å². The Labute approximate surface area is 188 Å². The van der Waals surface area contributed by atoms with Crippen molar-refractivity contribution in [1.82, 2.24) is 14.8 Å². The normalized spacial score (nSPS) is 21.1. The average Bonchev–Trinajstić information content (AvgIpc) is 3.34. The van der Waals surface area contributed by atoms with Gasteiger partial charge in [-0.3, -0.25) is 9.78 Å². The molecule has 4 heterocycles. The molecule has 5 rings (SSSR count). The molecule has 166 valence electrons. The van der Waals surface area contributed by atoms with Crippen LogP contribution in [0.15, 0.2) is 54.9 Å². The molecule has 1 aromatic heterocycles. The molecule has 2 fully saturated rings. The van der Waals surface area contributed by atoms with Crippen LogP contribution < -0.4 is 5.32 Å². The standard InChI is InChI=1S/C25H28N4O3/c30-24(23-4-2-14-32-23)28-12-9-19(10-13-28)18-5-7-22(8-6-18)27-25(31)29-16-21(17-29)20-3-1-11-26-15-20/h1,3,5-9,11,15,21,23H,2,4,10,12-14,16-17H2,(H,27,31)/t23-/m0/s1. The summed E-state index contributed by atoms with van der Waals surface area (Å²) in [6.45, 7) is 3.46. The molecule has 0 radical (unpaired) electrons. The highest BCUT2D eigenvalue weighted by Gasteiger charge is 2.32. The van der Waals surface area contributed by atoms with Gasteiger partial charge in [0.15, 0.2) is 0 Å². The van der Waals surface area contributed by atoms with Crippen LogP contribution in [0.5, 0.6) is 0 Å². The second-order valence-corrected chi connectivity index (χ2v) is 8.66. The number of hydrogen-bond acceptors (Lipinski definition) is 4. The molecular weight excluding hydrogens is 404 g/mol. The number of ether oxygens (including phenoxy) is 1. The minimum Gasteiger partial charge on any atom is -0.368 e. The fourth-order valence-electron chi connectivity index (χ4n) is 4.55. The number of benzene rings is 1. The molecular formula is C25H28N4O3. The number of hydrogen-bond donors (Lipinski definition) is 1. The summed E-state index contributed by atoms with van der Waals surface area (Å²) < 4.78 is 5.53. The van der Waals surface area contributed by atoms with Crippen LogP contribution in [0.3, 0.4) is 0 Å². The number of aromatic nitrogens is 1. The van der Waals surface area contributed by atoms with Crippen molar-refractivity contribution >= 4 is 23.2 Å². The van der Waals surface area contributed by atoms with Crippen molar-refractivity contribution in [3.8, 4) is 0 Å². The van der Waals surface area contributed by atoms with E-state index >= 15 is 0 Å². The molecule has 0 bridgehead atoms. The van der Waals surface area contributed by atoms with E-state index < -0.39 is 0 Å². The molecule has 2 saturated heterocycles. The Morgan fingerprint density at radius 1 is 1.09 bits per heavy atom. The summed E-state index contributed by atoms with van der Waals surface area (Å²) in [5.74, 6) is 0.481. The first-order valence-electron chi connectivity index (χ1n) is 11.3. The first-order chi connectivity index (χ1) is 15.7. The summed E-state index contributed by atoms with van der Waals surface area (Å²) in [7, 11) is 0. The van der Waals surface area contributed by atoms with E-state index in [1.54, 1.807) is 6.20 Å². The van der Waals surface area contributed by atoms with Crippen molar-refractivity contribution in [2.45, 2.75) is 31.3 Å². The number of likely N-dealkylation sites (tertiary alicyclic amines) is 1. The Balaban J connectivity index is 1.12. The lowest BCUT2D eigenvalue weighted by molar-refractivity contribution is -0.140. The third-order valence-corrected chi connectivity index (χ3v) is 6.56. The number of rotatable bonds is 4. The van der Waals surface area contributed by atoms with Gasteiger partial charge in [-0.2, -0.15) is 0 Å². The van der Waals surface area contributed by atoms with E-state index in [-0.39, 0.29) is 18.0 Å². The van der Waals surface area contributed by atoms with Gasteiger partial charge in [-0.25, -0.2) is 4.79 Å². The van der Waals surface area contributed by atoms with Gasteiger partial charge in [0.2, 0.25) is 0 Å². The van der Waals surface area contributed by atoms with Crippen molar-refractivity contribution in [3.05, 3.63) is 66.0 Å². The molecule has 0 unspecified atom stereocenters. The van der Waals surface area contributed by atoms with Crippen LogP contribution in [-0.4, -0.2) is 65.6 Å². The molecule has 7 heteroatoms. The van der Waals surface area contributed by atoms with Gasteiger partial charge in [-0.1, -0.05) is 24.3 Å². The highest BCUT2D eigenvalue weighted by Crippen LogP contribution is 2.28. The van der Waals surface area contributed by atoms with Crippen LogP contribution in [0.25, 0.3) is 5.57 Å². The Morgan fingerprint density at radius 2 is 1.94 bits per heavy atom. The van der Waals surface area contributed by atoms with Crippen LogP contribution >= 0.6 is 0 Å². The largest absolute Gasteiger partial charge is 0.368 e. The second-order valence-electron chi connectivity index (χ2n) is 8.66. The number of carbonyl (C=O) groups excluding carboxylic acids is 2. The maximum atomic E-state index is 12.5. The molecule has 3 amide bonds. The minimum absolute atomic E-state index is 0.0712. The molecule has 0 aliphatic carbocycles. The smallest absolute Gasteiger partial charge is 0.321 e. The molecule has 1 atom stereocenters. The summed E-state index contributed by atoms with van der Waals surface area (Å²) in [6, 6.07) is 11.9. The lowest BCUT2D eigenvalue weighted by Crippen LogP contribution is -2.50. The average molecular weight is 433 g/mol. The lowest BCUT2D eigenvalue weighted by Gasteiger charge is -2.39. The van der Waals surface area contributed by atoms with Crippen LogP contribution in [0.4, 0.5) is 10.5 Å². The van der Waals surface area contributed by atoms with Crippen molar-refractivity contribution in [1.29, 1.82) is 0 Å². The Kier molecular flexibility index (Phi) is 5.90. The van der Waals surface area contributed by atoms with Gasteiger partial charge in [-0.05, 0) is 54.2 Å². The van der Waals surface area contributed by atoms with Crippen molar-refractivity contribution in [2.75, 3.05) is 38.1 Å². The molecule has 2 aromatic rings. The molecule has 32 heavy (non-hydrogen) atoms. The quantitative estimate of drug-likeness (QED) is 0.802. The summed E-state index contributed by atoms with van der Waals surface area (Å²) in [4.78, 5) is 32.9. The third kappa shape index (κ3) is 4.39. The lowest BCUT2D eigenvalue weighted by atomic mass is 9.93. The first kappa shape index (κ1) is 20.7. The molecule has 3 aliphatic heterocycles. The molecule has 1 N–H and O–H groups in total. The number of carbonyl (C=O) groups is 2. The third-order valence-electron chi connectivity index (χ3n) is 6.56. The molecule has 1 aromatic carbocycles. The number of urea groups is 1. The van der Waals surface area contributed by atoms with Gasteiger partial charge in [0, 0.05) is 56.8 Å². The van der Waals surface area contributed by atoms with Crippen LogP contribution in [0.2, 0.25) is 0 Å². The predicted molar refractivity (Wildman–Crippen MR) is 122 cm³/mol. The van der Waals surface area contributed by atoms with Crippen molar-refractivity contribution in [3.63, 3.8) is 0 Å². The topological polar surface area (TPSA) is 74.8 Å². The number of nitrogens with zero attached hydrogens (tertiary/aromatic N) is 3. The van der Waals surface area contributed by atoms with E-state index in [2.05, 4.69) is 22.4 Å². The fraction of sp³-hybridized carbons (Fsp3) is 0.400. The summed E-state index contributed by atoms with van der Waals surface area (Å²) >= 11 is 0. The number of anilines is 1. The fourth-order valence-corrected chi connectivity index (χ4v) is 4.55. The van der Waals surface area contributed by atoms with E-state index in [0.29, 0.717) is 32.2 Å². The molecule has 0 spiro atoms. The maximum absolute atomic E-state index is 12.5. The van der Waals surface area contributed by atoms with Crippen LogP contribution in [0.1, 0.15) is 36.3 Å². The van der Waals surface area contributed by atoms with Gasteiger partial charge in [0.1, 0.15) is 6.10 Å². The SMILES string of the molecule is O=C(Nc1ccc(C2=CCN(C(=O)[C@@H]3CCCO3)CC2)cc1)N1CC(c2cccnc2)C1. The zero-order valence-corrected chi connectivity index (χ0v) is 18.1. The highest BCUT2D eigenvalue weighted by molar-refractivity contribution is 5.90. The monoisotopic (exact) mass is 432 g/mol. The van der Waals surface area contributed by atoms with Crippen LogP contribution in [0, 0.1) is 0 Å². The summed E-state index contributed by atoms with van der Waals surface area (Å²) in [6.07, 6.45) is 8.14. The van der Waals surface area contributed by atoms with Gasteiger partial charge >= 0.3 is 6.03 Å². The number of pyridine rings is 1. The van der Waals surface area contributed by atoms with Gasteiger partial charge in [-0.15, -0.1) is 0 Å². The highest BCUT2D eigenvalue weighted by atomic mass is 16.5. The Bertz CT molecular complexity index is 994. The number of nitrogens with one attached hydrogen (secondary N) is 1. The van der Waals surface area contributed by atoms with Gasteiger partial charge in [0.25, 0.3) is 5.91 Å². The molecule has 7 nitrogen and oxygen atoms in total. The minimum atomic E-state index is -0.251. The van der Waals surface area contributed by atoms with Crippen molar-refractivity contribution < 1.29 is 14.3 Å². The van der Waals surface area contributed by atoms with Crippen LogP contribution in [-0.2, 0) is 9.53 Å². The van der Waals surface area contributed by atoms with E-state index in [9.17, 15) is 9.59 Å². The molecule has 0 saturated carbocycles. The van der Waals surface area contributed by atoms with E-state index in [1.165, 1.54) is 11.1 Å². The zero-order valence-electron chi connectivity index (χ0n) is 18.1. The van der Waals surface area contributed by atoms with E-state index in [1.807, 2.05) is 46.3 Å². The summed E-state index contributed by atoms with van der Waals surface area (Å²) in [5.41, 5.74) is 4.34. The second kappa shape index (κ2) is 9.12. The predicted octanol–water partition coefficient (Wildman–Crippen LogP) is 3.51. The first-order valence-corrected chi connectivity index (χ1v) is 11.3. The maximum Gasteiger partial charge on any atom is 0.321 e. The van der Waals surface area contributed by atoms with Gasteiger partial charge in [0.05, 0.1) is 0 Å². The van der Waals surface area contributed by atoms with E-state index in [4.69, 9.17) is 4.74 Å². The molecule has 3 aliphatic rings. The number of amides is 3. The van der Waals surface area contributed by atoms with Crippen molar-refractivity contribution in [2.24, 2.45) is 0 Å². The van der Waals surface area contributed by atoms with E-state index in [0.717, 1.165) is 37.1 Å². The Morgan fingerprint density at radius 3 is 2.59 bits per heavy atom. The Hall–Kier alpha value is -3.19. The zero-order chi connectivity index (χ0) is 21.9.